The maximum absolute atomic E-state index is 6.19. The lowest BCUT2D eigenvalue weighted by atomic mass is 9.89. The third-order valence-electron chi connectivity index (χ3n) is 4.36. The maximum Gasteiger partial charge on any atom is 0.118 e. The van der Waals surface area contributed by atoms with E-state index in [0.717, 1.165) is 24.8 Å². The van der Waals surface area contributed by atoms with E-state index >= 15 is 0 Å². The molecule has 1 N–H and O–H groups in total. The summed E-state index contributed by atoms with van der Waals surface area (Å²) in [7, 11) is 1.70. The standard InChI is InChI=1S/C18H29NO2/c1-4-19-18(15-8-10-16(20-3)11-9-15)13-21-17-7-5-6-14(2)12-17/h8-11,14,17-19H,4-7,12-13H2,1-3H3. The van der Waals surface area contributed by atoms with Crippen molar-refractivity contribution >= 4 is 0 Å². The Balaban J connectivity index is 1.91. The van der Waals surface area contributed by atoms with Crippen molar-refractivity contribution in [1.82, 2.24) is 5.32 Å². The summed E-state index contributed by atoms with van der Waals surface area (Å²) in [6.07, 6.45) is 5.52. The number of methoxy groups -OCH3 is 1. The average Bonchev–Trinajstić information content (AvgIpc) is 2.52. The van der Waals surface area contributed by atoms with E-state index < -0.39 is 0 Å². The van der Waals surface area contributed by atoms with Crippen molar-refractivity contribution in [3.05, 3.63) is 29.8 Å². The highest BCUT2D eigenvalue weighted by Crippen LogP contribution is 2.27. The van der Waals surface area contributed by atoms with Gasteiger partial charge in [0.15, 0.2) is 0 Å². The van der Waals surface area contributed by atoms with Crippen LogP contribution in [0.25, 0.3) is 0 Å². The number of benzene rings is 1. The minimum Gasteiger partial charge on any atom is -0.497 e. The van der Waals surface area contributed by atoms with Gasteiger partial charge in [-0.05, 0) is 43.0 Å². The molecule has 0 aromatic heterocycles. The quantitative estimate of drug-likeness (QED) is 0.825. The molecule has 0 radical (unpaired) electrons. The van der Waals surface area contributed by atoms with E-state index in [0.29, 0.717) is 6.10 Å². The van der Waals surface area contributed by atoms with Gasteiger partial charge >= 0.3 is 0 Å². The van der Waals surface area contributed by atoms with Crippen LogP contribution >= 0.6 is 0 Å². The summed E-state index contributed by atoms with van der Waals surface area (Å²) in [4.78, 5) is 0. The van der Waals surface area contributed by atoms with Gasteiger partial charge in [0.1, 0.15) is 5.75 Å². The molecule has 0 bridgehead atoms. The molecule has 1 aromatic rings. The van der Waals surface area contributed by atoms with Gasteiger partial charge in [-0.15, -0.1) is 0 Å². The molecule has 3 nitrogen and oxygen atoms in total. The van der Waals surface area contributed by atoms with Crippen LogP contribution < -0.4 is 10.1 Å². The van der Waals surface area contributed by atoms with Crippen LogP contribution in [0.15, 0.2) is 24.3 Å². The molecule has 2 rings (SSSR count). The van der Waals surface area contributed by atoms with Gasteiger partial charge < -0.3 is 14.8 Å². The Kier molecular flexibility index (Phi) is 6.52. The Bertz CT molecular complexity index is 404. The van der Waals surface area contributed by atoms with Crippen LogP contribution in [0, 0.1) is 5.92 Å². The highest BCUT2D eigenvalue weighted by molar-refractivity contribution is 5.29. The topological polar surface area (TPSA) is 30.5 Å². The van der Waals surface area contributed by atoms with E-state index in [9.17, 15) is 0 Å². The summed E-state index contributed by atoms with van der Waals surface area (Å²) in [5.74, 6) is 1.71. The summed E-state index contributed by atoms with van der Waals surface area (Å²) in [6, 6.07) is 8.54. The fourth-order valence-electron chi connectivity index (χ4n) is 3.12. The second kappa shape index (κ2) is 8.40. The number of nitrogens with one attached hydrogen (secondary N) is 1. The largest absolute Gasteiger partial charge is 0.497 e. The first kappa shape index (κ1) is 16.3. The van der Waals surface area contributed by atoms with Crippen LogP contribution in [0.2, 0.25) is 0 Å². The van der Waals surface area contributed by atoms with Crippen molar-refractivity contribution in [2.75, 3.05) is 20.3 Å². The Labute approximate surface area is 129 Å². The normalized spacial score (nSPS) is 23.8. The number of hydrogen-bond donors (Lipinski definition) is 1. The summed E-state index contributed by atoms with van der Waals surface area (Å²) >= 11 is 0. The molecule has 1 aliphatic rings. The van der Waals surface area contributed by atoms with Crippen molar-refractivity contribution in [3.63, 3.8) is 0 Å². The molecule has 0 amide bonds. The van der Waals surface area contributed by atoms with E-state index in [4.69, 9.17) is 9.47 Å². The lowest BCUT2D eigenvalue weighted by Crippen LogP contribution is -2.29. The van der Waals surface area contributed by atoms with Gasteiger partial charge in [-0.1, -0.05) is 38.8 Å². The second-order valence-electron chi connectivity index (χ2n) is 6.11. The molecule has 0 spiro atoms. The third kappa shape index (κ3) is 5.01. The lowest BCUT2D eigenvalue weighted by molar-refractivity contribution is 0.00416. The van der Waals surface area contributed by atoms with Crippen LogP contribution in [0.5, 0.6) is 5.75 Å². The molecule has 3 heteroatoms. The zero-order valence-electron chi connectivity index (χ0n) is 13.6. The minimum atomic E-state index is 0.262. The molecule has 0 aliphatic heterocycles. The van der Waals surface area contributed by atoms with Crippen LogP contribution in [0.1, 0.15) is 51.1 Å². The van der Waals surface area contributed by atoms with Gasteiger partial charge in [-0.25, -0.2) is 0 Å². The first-order valence-corrected chi connectivity index (χ1v) is 8.21. The Morgan fingerprint density at radius 3 is 2.62 bits per heavy atom. The van der Waals surface area contributed by atoms with E-state index in [1.165, 1.54) is 31.2 Å². The molecule has 21 heavy (non-hydrogen) atoms. The molecule has 118 valence electrons. The molecule has 0 heterocycles. The van der Waals surface area contributed by atoms with Crippen LogP contribution in [0.4, 0.5) is 0 Å². The van der Waals surface area contributed by atoms with Crippen LogP contribution in [-0.4, -0.2) is 26.4 Å². The highest BCUT2D eigenvalue weighted by atomic mass is 16.5. The van der Waals surface area contributed by atoms with E-state index in [2.05, 4.69) is 31.3 Å². The van der Waals surface area contributed by atoms with Gasteiger partial charge in [0.25, 0.3) is 0 Å². The predicted octanol–water partition coefficient (Wildman–Crippen LogP) is 3.94. The SMILES string of the molecule is CCNC(COC1CCCC(C)C1)c1ccc(OC)cc1. The fraction of sp³-hybridized carbons (Fsp3) is 0.667. The molecule has 1 aliphatic carbocycles. The average molecular weight is 291 g/mol. The van der Waals surface area contributed by atoms with Gasteiger partial charge in [-0.2, -0.15) is 0 Å². The molecule has 1 saturated carbocycles. The number of rotatable bonds is 7. The van der Waals surface area contributed by atoms with Crippen molar-refractivity contribution in [2.24, 2.45) is 5.92 Å². The fourth-order valence-corrected chi connectivity index (χ4v) is 3.12. The van der Waals surface area contributed by atoms with Crippen molar-refractivity contribution < 1.29 is 9.47 Å². The van der Waals surface area contributed by atoms with Gasteiger partial charge in [0, 0.05) is 0 Å². The Hall–Kier alpha value is -1.06. The van der Waals surface area contributed by atoms with Crippen molar-refractivity contribution in [2.45, 2.75) is 51.7 Å². The van der Waals surface area contributed by atoms with Gasteiger partial charge in [0.2, 0.25) is 0 Å². The summed E-state index contributed by atoms with van der Waals surface area (Å²) < 4.78 is 11.4. The van der Waals surface area contributed by atoms with Crippen molar-refractivity contribution in [1.29, 1.82) is 0 Å². The summed E-state index contributed by atoms with van der Waals surface area (Å²) in [5, 5.41) is 3.52. The van der Waals surface area contributed by atoms with Crippen LogP contribution in [-0.2, 0) is 4.74 Å². The summed E-state index contributed by atoms with van der Waals surface area (Å²) in [6.45, 7) is 6.17. The Morgan fingerprint density at radius 1 is 1.24 bits per heavy atom. The third-order valence-corrected chi connectivity index (χ3v) is 4.36. The lowest BCUT2D eigenvalue weighted by Gasteiger charge is -2.29. The number of ether oxygens (including phenoxy) is 2. The zero-order valence-corrected chi connectivity index (χ0v) is 13.6. The Morgan fingerprint density at radius 2 is 2.00 bits per heavy atom. The van der Waals surface area contributed by atoms with E-state index in [-0.39, 0.29) is 6.04 Å². The molecule has 3 atom stereocenters. The predicted molar refractivity (Wildman–Crippen MR) is 86.8 cm³/mol. The first-order chi connectivity index (χ1) is 10.2. The van der Waals surface area contributed by atoms with Crippen molar-refractivity contribution in [3.8, 4) is 5.75 Å². The number of hydrogen-bond acceptors (Lipinski definition) is 3. The number of likely N-dealkylation sites (N-methyl/N-ethyl adjacent to an activating group) is 1. The van der Waals surface area contributed by atoms with Crippen LogP contribution in [0.3, 0.4) is 0 Å². The summed E-state index contributed by atoms with van der Waals surface area (Å²) in [5.41, 5.74) is 1.27. The molecule has 1 fully saturated rings. The smallest absolute Gasteiger partial charge is 0.118 e. The second-order valence-corrected chi connectivity index (χ2v) is 6.11. The minimum absolute atomic E-state index is 0.262. The van der Waals surface area contributed by atoms with E-state index in [1.807, 2.05) is 12.1 Å². The van der Waals surface area contributed by atoms with E-state index in [1.54, 1.807) is 7.11 Å². The molecule has 3 unspecified atom stereocenters. The molecule has 0 saturated heterocycles. The monoisotopic (exact) mass is 291 g/mol. The molecule has 1 aromatic carbocycles. The molecular weight excluding hydrogens is 262 g/mol. The van der Waals surface area contributed by atoms with Gasteiger partial charge in [-0.3, -0.25) is 0 Å². The highest BCUT2D eigenvalue weighted by Gasteiger charge is 2.21. The zero-order chi connectivity index (χ0) is 15.1. The molecular formula is C18H29NO2. The van der Waals surface area contributed by atoms with Gasteiger partial charge in [0.05, 0.1) is 25.9 Å². The first-order valence-electron chi connectivity index (χ1n) is 8.21. The maximum atomic E-state index is 6.19.